The molecule has 0 aliphatic rings. The summed E-state index contributed by atoms with van der Waals surface area (Å²) < 4.78 is 13.6. The first-order valence-corrected chi connectivity index (χ1v) is 5.84. The monoisotopic (exact) mass is 292 g/mol. The number of rotatable bonds is 3. The van der Waals surface area contributed by atoms with E-state index in [0.717, 1.165) is 15.7 Å². The van der Waals surface area contributed by atoms with Gasteiger partial charge >= 0.3 is 0 Å². The lowest BCUT2D eigenvalue weighted by Crippen LogP contribution is -1.91. The fourth-order valence-corrected chi connectivity index (χ4v) is 1.67. The van der Waals surface area contributed by atoms with E-state index >= 15 is 0 Å². The van der Waals surface area contributed by atoms with Gasteiger partial charge in [0.25, 0.3) is 0 Å². The number of anilines is 1. The summed E-state index contributed by atoms with van der Waals surface area (Å²) in [6.07, 6.45) is 1.70. The van der Waals surface area contributed by atoms with Crippen LogP contribution in [0.5, 0.6) is 0 Å². The molecule has 1 N–H and O–H groups in total. The van der Waals surface area contributed by atoms with Gasteiger partial charge in [-0.25, -0.2) is 4.39 Å². The van der Waals surface area contributed by atoms with Gasteiger partial charge in [0.15, 0.2) is 0 Å². The number of nitrogens with zero attached hydrogens (tertiary/aromatic N) is 1. The summed E-state index contributed by atoms with van der Waals surface area (Å²) >= 11 is 3.42. The van der Waals surface area contributed by atoms with Crippen molar-refractivity contribution in [3.63, 3.8) is 0 Å². The van der Waals surface area contributed by atoms with Gasteiger partial charge in [0.2, 0.25) is 0 Å². The van der Waals surface area contributed by atoms with E-state index in [1.807, 2.05) is 24.3 Å². The van der Waals surface area contributed by atoms with Gasteiger partial charge in [-0.05, 0) is 30.3 Å². The van der Waals surface area contributed by atoms with Crippen LogP contribution in [0.15, 0.2) is 58.1 Å². The minimum Gasteiger partial charge on any atom is -0.279 e. The Morgan fingerprint density at radius 2 is 1.76 bits per heavy atom. The molecule has 0 amide bonds. The molecular formula is C13H10BrFN2. The standard InChI is InChI=1S/C13H10BrFN2/c14-13-4-2-1-3-10(13)9-16-17-12-7-5-11(15)6-8-12/h1-9,17H/b16-9-. The molecule has 86 valence electrons. The number of hydrazone groups is 1. The highest BCUT2D eigenvalue weighted by atomic mass is 79.9. The van der Waals surface area contributed by atoms with Crippen LogP contribution in [0.3, 0.4) is 0 Å². The average Bonchev–Trinajstić information content (AvgIpc) is 2.34. The first-order chi connectivity index (χ1) is 8.25. The molecule has 0 spiro atoms. The van der Waals surface area contributed by atoms with E-state index in [1.54, 1.807) is 18.3 Å². The molecule has 2 aromatic carbocycles. The maximum atomic E-state index is 12.7. The second-order valence-electron chi connectivity index (χ2n) is 3.40. The van der Waals surface area contributed by atoms with Crippen molar-refractivity contribution >= 4 is 27.8 Å². The Hall–Kier alpha value is -1.68. The largest absolute Gasteiger partial charge is 0.279 e. The molecule has 0 unspecified atom stereocenters. The van der Waals surface area contributed by atoms with Crippen molar-refractivity contribution in [3.8, 4) is 0 Å². The predicted molar refractivity (Wildman–Crippen MR) is 71.8 cm³/mol. The molecule has 17 heavy (non-hydrogen) atoms. The first kappa shape index (κ1) is 11.8. The van der Waals surface area contributed by atoms with E-state index in [0.29, 0.717) is 0 Å². The van der Waals surface area contributed by atoms with Crippen LogP contribution >= 0.6 is 15.9 Å². The third-order valence-electron chi connectivity index (χ3n) is 2.15. The highest BCUT2D eigenvalue weighted by molar-refractivity contribution is 9.10. The Morgan fingerprint density at radius 3 is 2.47 bits per heavy atom. The van der Waals surface area contributed by atoms with Crippen LogP contribution in [0.25, 0.3) is 0 Å². The molecule has 0 radical (unpaired) electrons. The van der Waals surface area contributed by atoms with E-state index < -0.39 is 0 Å². The van der Waals surface area contributed by atoms with Crippen LogP contribution in [0.2, 0.25) is 0 Å². The molecule has 0 saturated heterocycles. The molecular weight excluding hydrogens is 283 g/mol. The lowest BCUT2D eigenvalue weighted by molar-refractivity contribution is 0.628. The third kappa shape index (κ3) is 3.39. The summed E-state index contributed by atoms with van der Waals surface area (Å²) in [7, 11) is 0. The summed E-state index contributed by atoms with van der Waals surface area (Å²) in [5.74, 6) is -0.259. The predicted octanol–water partition coefficient (Wildman–Crippen LogP) is 4.03. The number of hydrogen-bond donors (Lipinski definition) is 1. The Kier molecular flexibility index (Phi) is 3.88. The van der Waals surface area contributed by atoms with Crippen LogP contribution in [0, 0.1) is 5.82 Å². The second-order valence-corrected chi connectivity index (χ2v) is 4.25. The van der Waals surface area contributed by atoms with Gasteiger partial charge in [-0.15, -0.1) is 0 Å². The fourth-order valence-electron chi connectivity index (χ4n) is 1.28. The molecule has 2 nitrogen and oxygen atoms in total. The molecule has 0 aliphatic heterocycles. The Bertz CT molecular complexity index is 523. The molecule has 0 saturated carbocycles. The van der Waals surface area contributed by atoms with Crippen molar-refractivity contribution in [2.45, 2.75) is 0 Å². The highest BCUT2D eigenvalue weighted by Crippen LogP contribution is 2.14. The van der Waals surface area contributed by atoms with Gasteiger partial charge < -0.3 is 0 Å². The van der Waals surface area contributed by atoms with Crippen LogP contribution in [0.4, 0.5) is 10.1 Å². The minimum absolute atomic E-state index is 0.259. The number of benzene rings is 2. The van der Waals surface area contributed by atoms with Crippen molar-refractivity contribution in [2.24, 2.45) is 5.10 Å². The zero-order valence-corrected chi connectivity index (χ0v) is 10.5. The van der Waals surface area contributed by atoms with E-state index in [1.165, 1.54) is 12.1 Å². The van der Waals surface area contributed by atoms with Crippen LogP contribution < -0.4 is 5.43 Å². The summed E-state index contributed by atoms with van der Waals surface area (Å²) in [4.78, 5) is 0. The Labute approximate surface area is 107 Å². The molecule has 2 rings (SSSR count). The van der Waals surface area contributed by atoms with Gasteiger partial charge in [0.05, 0.1) is 11.9 Å². The van der Waals surface area contributed by atoms with Crippen LogP contribution in [-0.4, -0.2) is 6.21 Å². The normalized spacial score (nSPS) is 10.7. The van der Waals surface area contributed by atoms with E-state index in [4.69, 9.17) is 0 Å². The molecule has 0 fully saturated rings. The molecule has 2 aromatic rings. The van der Waals surface area contributed by atoms with E-state index in [9.17, 15) is 4.39 Å². The van der Waals surface area contributed by atoms with Gasteiger partial charge in [0.1, 0.15) is 5.82 Å². The number of nitrogens with one attached hydrogen (secondary N) is 1. The third-order valence-corrected chi connectivity index (χ3v) is 2.87. The summed E-state index contributed by atoms with van der Waals surface area (Å²) in [6, 6.07) is 13.8. The van der Waals surface area contributed by atoms with Gasteiger partial charge in [-0.3, -0.25) is 5.43 Å². The lowest BCUT2D eigenvalue weighted by Gasteiger charge is -2.00. The highest BCUT2D eigenvalue weighted by Gasteiger charge is 1.94. The zero-order valence-electron chi connectivity index (χ0n) is 8.90. The van der Waals surface area contributed by atoms with Crippen LogP contribution in [0.1, 0.15) is 5.56 Å². The fraction of sp³-hybridized carbons (Fsp3) is 0. The Morgan fingerprint density at radius 1 is 1.06 bits per heavy atom. The van der Waals surface area contributed by atoms with Crippen LogP contribution in [-0.2, 0) is 0 Å². The number of hydrogen-bond acceptors (Lipinski definition) is 2. The molecule has 0 heterocycles. The smallest absolute Gasteiger partial charge is 0.123 e. The average molecular weight is 293 g/mol. The minimum atomic E-state index is -0.259. The second kappa shape index (κ2) is 5.59. The quantitative estimate of drug-likeness (QED) is 0.670. The summed E-state index contributed by atoms with van der Waals surface area (Å²) in [5.41, 5.74) is 4.55. The van der Waals surface area contributed by atoms with Gasteiger partial charge in [-0.2, -0.15) is 5.10 Å². The van der Waals surface area contributed by atoms with E-state index in [-0.39, 0.29) is 5.82 Å². The maximum absolute atomic E-state index is 12.7. The van der Waals surface area contributed by atoms with Crippen molar-refractivity contribution in [1.29, 1.82) is 0 Å². The maximum Gasteiger partial charge on any atom is 0.123 e. The van der Waals surface area contributed by atoms with Crippen molar-refractivity contribution in [2.75, 3.05) is 5.43 Å². The molecule has 4 heteroatoms. The van der Waals surface area contributed by atoms with Crippen molar-refractivity contribution in [1.82, 2.24) is 0 Å². The molecule has 0 bridgehead atoms. The molecule has 0 aromatic heterocycles. The summed E-state index contributed by atoms with van der Waals surface area (Å²) in [6.45, 7) is 0. The number of halogens is 2. The lowest BCUT2D eigenvalue weighted by atomic mass is 10.2. The van der Waals surface area contributed by atoms with Crippen molar-refractivity contribution < 1.29 is 4.39 Å². The molecule has 0 atom stereocenters. The molecule has 0 aliphatic carbocycles. The van der Waals surface area contributed by atoms with E-state index in [2.05, 4.69) is 26.5 Å². The SMILES string of the molecule is Fc1ccc(N/N=C\c2ccccc2Br)cc1. The summed E-state index contributed by atoms with van der Waals surface area (Å²) in [5, 5.41) is 4.07. The van der Waals surface area contributed by atoms with Gasteiger partial charge in [0, 0.05) is 10.0 Å². The van der Waals surface area contributed by atoms with Gasteiger partial charge in [-0.1, -0.05) is 34.1 Å². The topological polar surface area (TPSA) is 24.4 Å². The van der Waals surface area contributed by atoms with Crippen molar-refractivity contribution in [3.05, 3.63) is 64.4 Å². The Balaban J connectivity index is 2.03. The first-order valence-electron chi connectivity index (χ1n) is 5.05. The zero-order chi connectivity index (χ0) is 12.1.